The Bertz CT molecular complexity index is 647. The zero-order valence-electron chi connectivity index (χ0n) is 14.3. The number of carbonyl (C=O) groups is 2. The van der Waals surface area contributed by atoms with E-state index in [0.717, 1.165) is 51.7 Å². The summed E-state index contributed by atoms with van der Waals surface area (Å²) >= 11 is 0. The molecule has 0 saturated carbocycles. The van der Waals surface area contributed by atoms with Gasteiger partial charge in [-0.05, 0) is 37.8 Å². The molecule has 3 heterocycles. The quantitative estimate of drug-likeness (QED) is 0.799. The van der Waals surface area contributed by atoms with E-state index in [4.69, 9.17) is 0 Å². The first kappa shape index (κ1) is 15.5. The number of nitrogens with zero attached hydrogens (tertiary/aromatic N) is 3. The molecule has 2 unspecified atom stereocenters. The van der Waals surface area contributed by atoms with Crippen LogP contribution in [-0.2, 0) is 4.79 Å². The van der Waals surface area contributed by atoms with Crippen LogP contribution in [0.2, 0.25) is 0 Å². The minimum absolute atomic E-state index is 0.00420. The molecular formula is C19H25N3O2. The summed E-state index contributed by atoms with van der Waals surface area (Å²) in [6, 6.07) is 10.2. The van der Waals surface area contributed by atoms with Crippen LogP contribution in [0, 0.1) is 0 Å². The van der Waals surface area contributed by atoms with Gasteiger partial charge >= 0.3 is 6.03 Å². The maximum atomic E-state index is 13.2. The fraction of sp³-hybridized carbons (Fsp3) is 0.579. The smallest absolute Gasteiger partial charge is 0.327 e. The van der Waals surface area contributed by atoms with E-state index in [0.29, 0.717) is 0 Å². The van der Waals surface area contributed by atoms with Gasteiger partial charge in [-0.15, -0.1) is 0 Å². The van der Waals surface area contributed by atoms with Crippen molar-refractivity contribution in [1.29, 1.82) is 0 Å². The van der Waals surface area contributed by atoms with Crippen molar-refractivity contribution >= 4 is 17.6 Å². The van der Waals surface area contributed by atoms with Crippen molar-refractivity contribution in [1.82, 2.24) is 9.80 Å². The molecule has 5 heteroatoms. The van der Waals surface area contributed by atoms with Gasteiger partial charge in [-0.2, -0.15) is 0 Å². The maximum Gasteiger partial charge on any atom is 0.327 e. The molecule has 1 aromatic rings. The molecule has 0 N–H and O–H groups in total. The third kappa shape index (κ3) is 2.14. The second-order valence-electron chi connectivity index (χ2n) is 7.22. The predicted molar refractivity (Wildman–Crippen MR) is 92.9 cm³/mol. The van der Waals surface area contributed by atoms with Crippen molar-refractivity contribution in [2.45, 2.75) is 50.6 Å². The molecule has 0 spiro atoms. The van der Waals surface area contributed by atoms with E-state index >= 15 is 0 Å². The molecule has 0 aromatic heterocycles. The predicted octanol–water partition coefficient (Wildman–Crippen LogP) is 2.86. The van der Waals surface area contributed by atoms with Gasteiger partial charge in [0.05, 0.1) is 6.04 Å². The van der Waals surface area contributed by atoms with Crippen molar-refractivity contribution in [3.05, 3.63) is 30.3 Å². The molecule has 4 rings (SSSR count). The van der Waals surface area contributed by atoms with Gasteiger partial charge in [0.25, 0.3) is 5.91 Å². The molecule has 3 aliphatic heterocycles. The summed E-state index contributed by atoms with van der Waals surface area (Å²) in [6.45, 7) is 4.47. The van der Waals surface area contributed by atoms with E-state index < -0.39 is 5.54 Å². The van der Waals surface area contributed by atoms with Gasteiger partial charge in [-0.1, -0.05) is 31.5 Å². The summed E-state index contributed by atoms with van der Waals surface area (Å²) in [5, 5.41) is 0. The van der Waals surface area contributed by atoms with Crippen molar-refractivity contribution in [2.75, 3.05) is 24.5 Å². The topological polar surface area (TPSA) is 43.9 Å². The van der Waals surface area contributed by atoms with E-state index in [-0.39, 0.29) is 18.0 Å². The molecule has 5 nitrogen and oxygen atoms in total. The van der Waals surface area contributed by atoms with Crippen LogP contribution in [-0.4, -0.2) is 53.0 Å². The van der Waals surface area contributed by atoms with Gasteiger partial charge in [0.1, 0.15) is 5.54 Å². The Balaban J connectivity index is 1.55. The number of imide groups is 1. The van der Waals surface area contributed by atoms with Crippen LogP contribution < -0.4 is 4.90 Å². The fourth-order valence-corrected chi connectivity index (χ4v) is 4.75. The Morgan fingerprint density at radius 3 is 2.71 bits per heavy atom. The Hall–Kier alpha value is -2.04. The van der Waals surface area contributed by atoms with Crippen LogP contribution in [0.4, 0.5) is 10.5 Å². The van der Waals surface area contributed by atoms with Gasteiger partial charge in [0, 0.05) is 25.3 Å². The van der Waals surface area contributed by atoms with Gasteiger partial charge in [0.15, 0.2) is 0 Å². The molecule has 1 aromatic carbocycles. The van der Waals surface area contributed by atoms with Gasteiger partial charge in [0.2, 0.25) is 0 Å². The molecule has 0 aliphatic carbocycles. The van der Waals surface area contributed by atoms with Crippen molar-refractivity contribution in [2.24, 2.45) is 0 Å². The first-order valence-electron chi connectivity index (χ1n) is 9.12. The zero-order valence-corrected chi connectivity index (χ0v) is 14.3. The molecule has 0 radical (unpaired) electrons. The summed E-state index contributed by atoms with van der Waals surface area (Å²) in [5.74, 6) is 0.0618. The number of urea groups is 1. The molecule has 3 saturated heterocycles. The summed E-state index contributed by atoms with van der Waals surface area (Å²) in [6.07, 6.45) is 4.37. The lowest BCUT2D eigenvalue weighted by molar-refractivity contribution is -0.134. The van der Waals surface area contributed by atoms with Crippen LogP contribution in [0.25, 0.3) is 0 Å². The summed E-state index contributed by atoms with van der Waals surface area (Å²) in [4.78, 5) is 31.8. The molecule has 0 bridgehead atoms. The Morgan fingerprint density at radius 1 is 1.17 bits per heavy atom. The number of amides is 3. The number of rotatable bonds is 4. The summed E-state index contributed by atoms with van der Waals surface area (Å²) in [7, 11) is 0. The molecular weight excluding hydrogens is 302 g/mol. The van der Waals surface area contributed by atoms with Gasteiger partial charge in [-0.25, -0.2) is 4.79 Å². The highest BCUT2D eigenvalue weighted by molar-refractivity contribution is 6.07. The standard InChI is InChI=1S/C19H25N3O2/c1-2-10-19-11-6-12-21(19)18(24)22(17(19)23)16-9-13-20(14-16)15-7-4-3-5-8-15/h3-5,7-8,16H,2,6,9-14H2,1H3. The fourth-order valence-electron chi connectivity index (χ4n) is 4.75. The Labute approximate surface area is 143 Å². The third-order valence-corrected chi connectivity index (χ3v) is 5.86. The number of fused-ring (bicyclic) bond motifs is 1. The Kier molecular flexibility index (Phi) is 3.74. The number of hydrogen-bond acceptors (Lipinski definition) is 3. The zero-order chi connectivity index (χ0) is 16.7. The van der Waals surface area contributed by atoms with E-state index in [9.17, 15) is 9.59 Å². The minimum atomic E-state index is -0.536. The van der Waals surface area contributed by atoms with Gasteiger partial charge in [-0.3, -0.25) is 9.69 Å². The highest BCUT2D eigenvalue weighted by atomic mass is 16.2. The van der Waals surface area contributed by atoms with E-state index in [1.54, 1.807) is 4.90 Å². The van der Waals surface area contributed by atoms with Crippen molar-refractivity contribution in [3.63, 3.8) is 0 Å². The van der Waals surface area contributed by atoms with Crippen LogP contribution >= 0.6 is 0 Å². The number of benzene rings is 1. The van der Waals surface area contributed by atoms with Gasteiger partial charge < -0.3 is 9.80 Å². The number of para-hydroxylation sites is 1. The van der Waals surface area contributed by atoms with Crippen LogP contribution in [0.3, 0.4) is 0 Å². The SMILES string of the molecule is CCCC12CCCN1C(=O)N(C1CCN(c3ccccc3)C1)C2=O. The normalized spacial score (nSPS) is 29.7. The first-order chi connectivity index (χ1) is 11.7. The largest absolute Gasteiger partial charge is 0.369 e. The second-order valence-corrected chi connectivity index (χ2v) is 7.22. The molecule has 3 fully saturated rings. The van der Waals surface area contributed by atoms with Crippen molar-refractivity contribution in [3.8, 4) is 0 Å². The molecule has 2 atom stereocenters. The number of carbonyl (C=O) groups excluding carboxylic acids is 2. The van der Waals surface area contributed by atoms with Crippen LogP contribution in [0.15, 0.2) is 30.3 Å². The lowest BCUT2D eigenvalue weighted by atomic mass is 9.90. The maximum absolute atomic E-state index is 13.2. The highest BCUT2D eigenvalue weighted by Gasteiger charge is 2.60. The number of hydrogen-bond donors (Lipinski definition) is 0. The average Bonchev–Trinajstić information content (AvgIpc) is 3.27. The number of anilines is 1. The minimum Gasteiger partial charge on any atom is -0.369 e. The van der Waals surface area contributed by atoms with Crippen LogP contribution in [0.1, 0.15) is 39.0 Å². The summed E-state index contributed by atoms with van der Waals surface area (Å²) in [5.41, 5.74) is 0.634. The molecule has 128 valence electrons. The molecule has 3 aliphatic rings. The van der Waals surface area contributed by atoms with Crippen molar-refractivity contribution < 1.29 is 9.59 Å². The molecule has 24 heavy (non-hydrogen) atoms. The summed E-state index contributed by atoms with van der Waals surface area (Å²) < 4.78 is 0. The average molecular weight is 327 g/mol. The monoisotopic (exact) mass is 327 g/mol. The third-order valence-electron chi connectivity index (χ3n) is 5.86. The highest BCUT2D eigenvalue weighted by Crippen LogP contribution is 2.42. The lowest BCUT2D eigenvalue weighted by Gasteiger charge is -2.28. The van der Waals surface area contributed by atoms with Crippen LogP contribution in [0.5, 0.6) is 0 Å². The Morgan fingerprint density at radius 2 is 1.96 bits per heavy atom. The van der Waals surface area contributed by atoms with E-state index in [1.807, 2.05) is 23.1 Å². The van der Waals surface area contributed by atoms with E-state index in [1.165, 1.54) is 5.69 Å². The lowest BCUT2D eigenvalue weighted by Crippen LogP contribution is -2.46. The molecule has 3 amide bonds. The van der Waals surface area contributed by atoms with E-state index in [2.05, 4.69) is 24.0 Å². The second kappa shape index (κ2) is 5.80. The first-order valence-corrected chi connectivity index (χ1v) is 9.12.